The van der Waals surface area contributed by atoms with E-state index >= 15 is 0 Å². The summed E-state index contributed by atoms with van der Waals surface area (Å²) in [6, 6.07) is 11.5. The highest BCUT2D eigenvalue weighted by Gasteiger charge is 2.02. The van der Waals surface area contributed by atoms with Crippen molar-refractivity contribution in [2.24, 2.45) is 0 Å². The molecule has 0 aliphatic rings. The molecule has 3 heteroatoms. The van der Waals surface area contributed by atoms with Crippen LogP contribution in [0.15, 0.2) is 48.8 Å². The molecule has 0 N–H and O–H groups in total. The summed E-state index contributed by atoms with van der Waals surface area (Å²) in [6.07, 6.45) is 3.53. The molecule has 3 nitrogen and oxygen atoms in total. The van der Waals surface area contributed by atoms with Crippen LogP contribution in [0.2, 0.25) is 0 Å². The number of nitrogens with zero attached hydrogens (tertiary/aromatic N) is 1. The van der Waals surface area contributed by atoms with E-state index in [9.17, 15) is 0 Å². The number of rotatable bonds is 4. The van der Waals surface area contributed by atoms with E-state index in [1.54, 1.807) is 19.5 Å². The Labute approximate surface area is 94.7 Å². The Bertz CT molecular complexity index is 443. The van der Waals surface area contributed by atoms with Crippen LogP contribution in [0.1, 0.15) is 5.56 Å². The van der Waals surface area contributed by atoms with E-state index in [4.69, 9.17) is 9.47 Å². The van der Waals surface area contributed by atoms with Crippen molar-refractivity contribution >= 4 is 0 Å². The monoisotopic (exact) mass is 215 g/mol. The average Bonchev–Trinajstić information content (AvgIpc) is 2.38. The van der Waals surface area contributed by atoms with Crippen molar-refractivity contribution in [2.45, 2.75) is 6.61 Å². The van der Waals surface area contributed by atoms with Crippen LogP contribution in [-0.2, 0) is 6.61 Å². The molecule has 1 aromatic heterocycles. The van der Waals surface area contributed by atoms with Crippen molar-refractivity contribution in [1.29, 1.82) is 0 Å². The molecule has 0 amide bonds. The predicted octanol–water partition coefficient (Wildman–Crippen LogP) is 2.67. The Morgan fingerprint density at radius 2 is 1.88 bits per heavy atom. The molecular formula is C13H13NO2. The summed E-state index contributed by atoms with van der Waals surface area (Å²) in [4.78, 5) is 4.03. The van der Waals surface area contributed by atoms with Crippen molar-refractivity contribution < 1.29 is 9.47 Å². The van der Waals surface area contributed by atoms with Gasteiger partial charge >= 0.3 is 0 Å². The molecule has 0 aliphatic carbocycles. The molecule has 2 rings (SSSR count). The Kier molecular flexibility index (Phi) is 3.38. The van der Waals surface area contributed by atoms with Crippen LogP contribution in [0.4, 0.5) is 0 Å². The molecule has 16 heavy (non-hydrogen) atoms. The first-order chi connectivity index (χ1) is 7.90. The van der Waals surface area contributed by atoms with Crippen LogP contribution >= 0.6 is 0 Å². The lowest BCUT2D eigenvalue weighted by Crippen LogP contribution is -1.97. The van der Waals surface area contributed by atoms with Crippen LogP contribution in [-0.4, -0.2) is 12.1 Å². The van der Waals surface area contributed by atoms with Gasteiger partial charge in [-0.25, -0.2) is 0 Å². The molecule has 0 saturated carbocycles. The second-order valence-corrected chi connectivity index (χ2v) is 3.30. The third-order valence-electron chi connectivity index (χ3n) is 2.19. The van der Waals surface area contributed by atoms with E-state index in [1.807, 2.05) is 36.4 Å². The zero-order chi connectivity index (χ0) is 11.2. The number of methoxy groups -OCH3 is 1. The molecular weight excluding hydrogens is 202 g/mol. The highest BCUT2D eigenvalue weighted by Crippen LogP contribution is 2.26. The largest absolute Gasteiger partial charge is 0.493 e. The van der Waals surface area contributed by atoms with E-state index in [1.165, 1.54) is 0 Å². The van der Waals surface area contributed by atoms with E-state index < -0.39 is 0 Å². The van der Waals surface area contributed by atoms with Gasteiger partial charge in [-0.05, 0) is 18.2 Å². The zero-order valence-corrected chi connectivity index (χ0v) is 9.09. The normalized spacial score (nSPS) is 9.81. The molecule has 0 atom stereocenters. The van der Waals surface area contributed by atoms with E-state index in [2.05, 4.69) is 4.98 Å². The van der Waals surface area contributed by atoms with E-state index in [0.717, 1.165) is 17.1 Å². The number of ether oxygens (including phenoxy) is 2. The summed E-state index contributed by atoms with van der Waals surface area (Å²) in [5.41, 5.74) is 1.04. The maximum atomic E-state index is 5.65. The minimum atomic E-state index is 0.494. The van der Waals surface area contributed by atoms with E-state index in [0.29, 0.717) is 6.61 Å². The first-order valence-electron chi connectivity index (χ1n) is 5.05. The number of aromatic nitrogens is 1. The quantitative estimate of drug-likeness (QED) is 0.785. The maximum absolute atomic E-state index is 5.65. The Morgan fingerprint density at radius 1 is 1.06 bits per heavy atom. The van der Waals surface area contributed by atoms with Gasteiger partial charge in [-0.15, -0.1) is 0 Å². The third kappa shape index (κ3) is 2.51. The molecule has 1 heterocycles. The molecule has 0 radical (unpaired) electrons. The highest BCUT2D eigenvalue weighted by atomic mass is 16.5. The molecule has 0 saturated heterocycles. The van der Waals surface area contributed by atoms with Gasteiger partial charge in [-0.1, -0.05) is 18.2 Å². The third-order valence-corrected chi connectivity index (χ3v) is 2.19. The maximum Gasteiger partial charge on any atom is 0.161 e. The van der Waals surface area contributed by atoms with Gasteiger partial charge in [0, 0.05) is 18.0 Å². The summed E-state index contributed by atoms with van der Waals surface area (Å²) in [5, 5.41) is 0. The average molecular weight is 215 g/mol. The van der Waals surface area contributed by atoms with Gasteiger partial charge in [0.2, 0.25) is 0 Å². The van der Waals surface area contributed by atoms with Crippen molar-refractivity contribution in [2.75, 3.05) is 7.11 Å². The summed E-state index contributed by atoms with van der Waals surface area (Å²) < 4.78 is 10.8. The Hall–Kier alpha value is -2.03. The first-order valence-corrected chi connectivity index (χ1v) is 5.05. The zero-order valence-electron chi connectivity index (χ0n) is 9.09. The predicted molar refractivity (Wildman–Crippen MR) is 61.6 cm³/mol. The standard InChI is InChI=1S/C13H13NO2/c1-15-12-6-2-3-7-13(12)16-10-11-5-4-8-14-9-11/h2-9H,10H2,1H3. The summed E-state index contributed by atoms with van der Waals surface area (Å²) in [5.74, 6) is 1.49. The molecule has 0 unspecified atom stereocenters. The molecule has 0 fully saturated rings. The molecule has 0 bridgehead atoms. The minimum Gasteiger partial charge on any atom is -0.493 e. The van der Waals surface area contributed by atoms with Crippen molar-refractivity contribution in [3.05, 3.63) is 54.4 Å². The number of hydrogen-bond donors (Lipinski definition) is 0. The second kappa shape index (κ2) is 5.16. The van der Waals surface area contributed by atoms with E-state index in [-0.39, 0.29) is 0 Å². The van der Waals surface area contributed by atoms with Gasteiger partial charge < -0.3 is 9.47 Å². The smallest absolute Gasteiger partial charge is 0.161 e. The Balaban J connectivity index is 2.05. The van der Waals surface area contributed by atoms with Crippen LogP contribution in [0.5, 0.6) is 11.5 Å². The van der Waals surface area contributed by atoms with Crippen LogP contribution in [0, 0.1) is 0 Å². The van der Waals surface area contributed by atoms with Crippen LogP contribution in [0.3, 0.4) is 0 Å². The fourth-order valence-corrected chi connectivity index (χ4v) is 1.38. The lowest BCUT2D eigenvalue weighted by atomic mass is 10.3. The highest BCUT2D eigenvalue weighted by molar-refractivity contribution is 5.39. The van der Waals surface area contributed by atoms with Crippen molar-refractivity contribution in [3.8, 4) is 11.5 Å². The van der Waals surface area contributed by atoms with Crippen LogP contribution in [0.25, 0.3) is 0 Å². The SMILES string of the molecule is COc1ccccc1OCc1cccnc1. The fourth-order valence-electron chi connectivity index (χ4n) is 1.38. The Morgan fingerprint density at radius 3 is 2.56 bits per heavy atom. The first kappa shape index (κ1) is 10.5. The van der Waals surface area contributed by atoms with Gasteiger partial charge in [-0.3, -0.25) is 4.98 Å². The van der Waals surface area contributed by atoms with Crippen LogP contribution < -0.4 is 9.47 Å². The lowest BCUT2D eigenvalue weighted by Gasteiger charge is -2.09. The van der Waals surface area contributed by atoms with Gasteiger partial charge in [0.15, 0.2) is 11.5 Å². The number of benzene rings is 1. The molecule has 0 aliphatic heterocycles. The summed E-state index contributed by atoms with van der Waals surface area (Å²) in [7, 11) is 1.63. The lowest BCUT2D eigenvalue weighted by molar-refractivity contribution is 0.284. The number of pyridine rings is 1. The topological polar surface area (TPSA) is 31.4 Å². The van der Waals surface area contributed by atoms with Gasteiger partial charge in [0.05, 0.1) is 7.11 Å². The molecule has 0 spiro atoms. The molecule has 82 valence electrons. The number of hydrogen-bond acceptors (Lipinski definition) is 3. The van der Waals surface area contributed by atoms with Gasteiger partial charge in [-0.2, -0.15) is 0 Å². The second-order valence-electron chi connectivity index (χ2n) is 3.30. The summed E-state index contributed by atoms with van der Waals surface area (Å²) in [6.45, 7) is 0.494. The fraction of sp³-hybridized carbons (Fsp3) is 0.154. The minimum absolute atomic E-state index is 0.494. The molecule has 1 aromatic carbocycles. The summed E-state index contributed by atoms with van der Waals surface area (Å²) >= 11 is 0. The van der Waals surface area contributed by atoms with Crippen molar-refractivity contribution in [3.63, 3.8) is 0 Å². The van der Waals surface area contributed by atoms with Gasteiger partial charge in [0.25, 0.3) is 0 Å². The van der Waals surface area contributed by atoms with Crippen molar-refractivity contribution in [1.82, 2.24) is 4.98 Å². The molecule has 2 aromatic rings. The van der Waals surface area contributed by atoms with Gasteiger partial charge in [0.1, 0.15) is 6.61 Å². The number of para-hydroxylation sites is 2.